The number of hydrogen-bond donors (Lipinski definition) is 1. The van der Waals surface area contributed by atoms with Crippen LogP contribution in [-0.4, -0.2) is 41.9 Å². The molecule has 0 radical (unpaired) electrons. The number of guanidine groups is 1. The van der Waals surface area contributed by atoms with E-state index in [0.29, 0.717) is 13.0 Å². The summed E-state index contributed by atoms with van der Waals surface area (Å²) in [5.74, 6) is 1.08. The number of hydrogen-bond acceptors (Lipinski definition) is 4. The Morgan fingerprint density at radius 2 is 2.11 bits per heavy atom. The van der Waals surface area contributed by atoms with Crippen LogP contribution in [0.15, 0.2) is 34.6 Å². The Morgan fingerprint density at radius 3 is 2.68 bits per heavy atom. The van der Waals surface area contributed by atoms with E-state index in [0.717, 1.165) is 54.0 Å². The quantitative estimate of drug-likeness (QED) is 0.363. The van der Waals surface area contributed by atoms with Crippen LogP contribution in [0.1, 0.15) is 36.0 Å². The number of aromatic nitrogens is 1. The molecule has 0 atom stereocenters. The summed E-state index contributed by atoms with van der Waals surface area (Å²) in [7, 11) is 2.03. The third kappa shape index (κ3) is 5.91. The van der Waals surface area contributed by atoms with Crippen molar-refractivity contribution in [2.75, 3.05) is 25.0 Å². The predicted octanol–water partition coefficient (Wildman–Crippen LogP) is 3.79. The van der Waals surface area contributed by atoms with Crippen LogP contribution in [0.2, 0.25) is 0 Å². The van der Waals surface area contributed by atoms with Gasteiger partial charge in [0, 0.05) is 37.6 Å². The minimum Gasteiger partial charge on any atom is -0.357 e. The molecular weight excluding hydrogens is 485 g/mol. The summed E-state index contributed by atoms with van der Waals surface area (Å²) in [4.78, 5) is 25.1. The molecule has 1 amide bonds. The van der Waals surface area contributed by atoms with Gasteiger partial charge in [-0.2, -0.15) is 0 Å². The fraction of sp³-hybridized carbons (Fsp3) is 0.450. The molecule has 152 valence electrons. The van der Waals surface area contributed by atoms with Crippen molar-refractivity contribution in [3.05, 3.63) is 45.9 Å². The monoisotopic (exact) mass is 513 g/mol. The topological polar surface area (TPSA) is 60.8 Å². The second-order valence-corrected chi connectivity index (χ2v) is 7.76. The number of benzene rings is 1. The van der Waals surface area contributed by atoms with E-state index in [4.69, 9.17) is 4.99 Å². The van der Waals surface area contributed by atoms with Gasteiger partial charge < -0.3 is 15.1 Å². The second-order valence-electron chi connectivity index (χ2n) is 6.70. The number of thiazole rings is 1. The van der Waals surface area contributed by atoms with Crippen LogP contribution in [0.4, 0.5) is 5.69 Å². The largest absolute Gasteiger partial charge is 0.357 e. The van der Waals surface area contributed by atoms with Crippen LogP contribution in [0, 0.1) is 6.92 Å². The molecule has 0 aliphatic carbocycles. The highest BCUT2D eigenvalue weighted by Crippen LogP contribution is 2.21. The van der Waals surface area contributed by atoms with Crippen molar-refractivity contribution >= 4 is 52.9 Å². The molecule has 6 nitrogen and oxygen atoms in total. The molecule has 1 aromatic carbocycles. The molecule has 3 rings (SSSR count). The molecule has 1 N–H and O–H groups in total. The van der Waals surface area contributed by atoms with Crippen LogP contribution < -0.4 is 10.2 Å². The van der Waals surface area contributed by atoms with Crippen molar-refractivity contribution in [1.82, 2.24) is 15.2 Å². The second kappa shape index (κ2) is 10.8. The Bertz CT molecular complexity index is 805. The van der Waals surface area contributed by atoms with Gasteiger partial charge in [0.2, 0.25) is 5.91 Å². The first-order valence-corrected chi connectivity index (χ1v) is 10.2. The molecule has 0 unspecified atom stereocenters. The number of rotatable bonds is 6. The zero-order chi connectivity index (χ0) is 19.2. The lowest BCUT2D eigenvalue weighted by molar-refractivity contribution is -0.117. The SMILES string of the molecule is CCNC(=NCc1ccc(N2CCCC2=O)cc1)N(C)Cc1csc(C)n1.I. The number of nitrogens with one attached hydrogen (secondary N) is 1. The molecule has 0 spiro atoms. The van der Waals surface area contributed by atoms with Gasteiger partial charge in [0.1, 0.15) is 0 Å². The van der Waals surface area contributed by atoms with Crippen LogP contribution in [0.3, 0.4) is 0 Å². The van der Waals surface area contributed by atoms with Crippen LogP contribution in [0.25, 0.3) is 0 Å². The van der Waals surface area contributed by atoms with Crippen molar-refractivity contribution in [1.29, 1.82) is 0 Å². The summed E-state index contributed by atoms with van der Waals surface area (Å²) in [5, 5.41) is 6.51. The van der Waals surface area contributed by atoms with Crippen molar-refractivity contribution < 1.29 is 4.79 Å². The Labute approximate surface area is 188 Å². The number of carbonyl (C=O) groups excluding carboxylic acids is 1. The molecule has 1 aliphatic heterocycles. The van der Waals surface area contributed by atoms with Gasteiger partial charge in [0.25, 0.3) is 0 Å². The highest BCUT2D eigenvalue weighted by molar-refractivity contribution is 14.0. The number of anilines is 1. The van der Waals surface area contributed by atoms with E-state index in [9.17, 15) is 4.79 Å². The molecule has 8 heteroatoms. The van der Waals surface area contributed by atoms with E-state index in [1.807, 2.05) is 31.0 Å². The number of amides is 1. The fourth-order valence-corrected chi connectivity index (χ4v) is 3.74. The average Bonchev–Trinajstić information content (AvgIpc) is 3.27. The van der Waals surface area contributed by atoms with Gasteiger partial charge in [-0.25, -0.2) is 9.98 Å². The lowest BCUT2D eigenvalue weighted by atomic mass is 10.2. The summed E-state index contributed by atoms with van der Waals surface area (Å²) in [6.07, 6.45) is 1.60. The number of halogens is 1. The molecule has 28 heavy (non-hydrogen) atoms. The van der Waals surface area contributed by atoms with E-state index in [1.165, 1.54) is 0 Å². The van der Waals surface area contributed by atoms with Gasteiger partial charge in [0.15, 0.2) is 5.96 Å². The minimum absolute atomic E-state index is 0. The maximum atomic E-state index is 11.9. The molecular formula is C20H28IN5OS. The smallest absolute Gasteiger partial charge is 0.227 e. The molecule has 2 heterocycles. The lowest BCUT2D eigenvalue weighted by Crippen LogP contribution is -2.38. The number of nitrogens with zero attached hydrogens (tertiary/aromatic N) is 4. The van der Waals surface area contributed by atoms with Gasteiger partial charge in [-0.3, -0.25) is 4.79 Å². The maximum absolute atomic E-state index is 11.9. The maximum Gasteiger partial charge on any atom is 0.227 e. The van der Waals surface area contributed by atoms with Crippen molar-refractivity contribution in [2.24, 2.45) is 4.99 Å². The minimum atomic E-state index is 0. The highest BCUT2D eigenvalue weighted by Gasteiger charge is 2.21. The van der Waals surface area contributed by atoms with Gasteiger partial charge in [0.05, 0.1) is 23.8 Å². The van der Waals surface area contributed by atoms with Crippen molar-refractivity contribution in [3.63, 3.8) is 0 Å². The van der Waals surface area contributed by atoms with Crippen LogP contribution in [-0.2, 0) is 17.9 Å². The number of carbonyl (C=O) groups is 1. The van der Waals surface area contributed by atoms with Crippen molar-refractivity contribution in [2.45, 2.75) is 39.8 Å². The Morgan fingerprint density at radius 1 is 1.36 bits per heavy atom. The normalized spacial score (nSPS) is 14.2. The van der Waals surface area contributed by atoms with Gasteiger partial charge in [-0.15, -0.1) is 35.3 Å². The first-order valence-electron chi connectivity index (χ1n) is 9.36. The Balaban J connectivity index is 0.00000280. The third-order valence-electron chi connectivity index (χ3n) is 4.50. The molecule has 0 saturated carbocycles. The summed E-state index contributed by atoms with van der Waals surface area (Å²) in [5.41, 5.74) is 3.16. The summed E-state index contributed by atoms with van der Waals surface area (Å²) < 4.78 is 0. The van der Waals surface area contributed by atoms with E-state index in [2.05, 4.69) is 39.6 Å². The number of aliphatic imine (C=N–C) groups is 1. The zero-order valence-electron chi connectivity index (χ0n) is 16.6. The van der Waals surface area contributed by atoms with Gasteiger partial charge in [-0.1, -0.05) is 12.1 Å². The predicted molar refractivity (Wildman–Crippen MR) is 127 cm³/mol. The average molecular weight is 513 g/mol. The molecule has 1 fully saturated rings. The van der Waals surface area contributed by atoms with Crippen LogP contribution >= 0.6 is 35.3 Å². The first-order chi connectivity index (χ1) is 13.1. The fourth-order valence-electron chi connectivity index (χ4n) is 3.14. The molecule has 1 aromatic heterocycles. The molecule has 2 aromatic rings. The lowest BCUT2D eigenvalue weighted by Gasteiger charge is -2.21. The third-order valence-corrected chi connectivity index (χ3v) is 5.32. The van der Waals surface area contributed by atoms with Gasteiger partial charge in [-0.05, 0) is 38.0 Å². The van der Waals surface area contributed by atoms with Crippen LogP contribution in [0.5, 0.6) is 0 Å². The summed E-state index contributed by atoms with van der Waals surface area (Å²) >= 11 is 1.67. The summed E-state index contributed by atoms with van der Waals surface area (Å²) in [6.45, 7) is 7.05. The molecule has 0 bridgehead atoms. The van der Waals surface area contributed by atoms with Gasteiger partial charge >= 0.3 is 0 Å². The summed E-state index contributed by atoms with van der Waals surface area (Å²) in [6, 6.07) is 8.14. The van der Waals surface area contributed by atoms with E-state index < -0.39 is 0 Å². The van der Waals surface area contributed by atoms with E-state index in [-0.39, 0.29) is 29.9 Å². The molecule has 1 aliphatic rings. The number of aryl methyl sites for hydroxylation is 1. The highest BCUT2D eigenvalue weighted by atomic mass is 127. The van der Waals surface area contributed by atoms with Crippen molar-refractivity contribution in [3.8, 4) is 0 Å². The van der Waals surface area contributed by atoms with E-state index in [1.54, 1.807) is 11.3 Å². The zero-order valence-corrected chi connectivity index (χ0v) is 19.8. The standard InChI is InChI=1S/C20H27N5OS.HI/c1-4-21-20(24(3)13-17-14-27-15(2)23-17)22-12-16-7-9-18(10-8-16)25-11-5-6-19(25)26;/h7-10,14H,4-6,11-13H2,1-3H3,(H,21,22);1H. The Hall–Kier alpha value is -1.68. The van der Waals surface area contributed by atoms with E-state index >= 15 is 0 Å². The Kier molecular flexibility index (Phi) is 8.68. The first kappa shape index (κ1) is 22.6. The molecule has 1 saturated heterocycles.